The Kier molecular flexibility index (Phi) is 6.86. The van der Waals surface area contributed by atoms with Crippen LogP contribution in [-0.4, -0.2) is 29.5 Å². The van der Waals surface area contributed by atoms with E-state index < -0.39 is 17.5 Å². The lowest BCUT2D eigenvalue weighted by molar-refractivity contribution is -0.217. The van der Waals surface area contributed by atoms with E-state index in [1.165, 1.54) is 0 Å². The number of benzene rings is 1. The van der Waals surface area contributed by atoms with Gasteiger partial charge in [0.15, 0.2) is 23.7 Å². The lowest BCUT2D eigenvalue weighted by Crippen LogP contribution is -2.38. The predicted molar refractivity (Wildman–Crippen MR) is 115 cm³/mol. The Morgan fingerprint density at radius 1 is 0.875 bits per heavy atom. The molecule has 1 aromatic carbocycles. The van der Waals surface area contributed by atoms with Crippen molar-refractivity contribution < 1.29 is 22.6 Å². The molecule has 4 rings (SSSR count). The first-order valence-electron chi connectivity index (χ1n) is 11.4. The molecule has 1 saturated carbocycles. The molecule has 2 aromatic rings. The zero-order valence-electron chi connectivity index (χ0n) is 18.9. The van der Waals surface area contributed by atoms with Crippen molar-refractivity contribution in [2.75, 3.05) is 13.2 Å². The molecule has 0 bridgehead atoms. The highest BCUT2D eigenvalue weighted by molar-refractivity contribution is 5.23. The van der Waals surface area contributed by atoms with Crippen LogP contribution >= 0.6 is 0 Å². The number of hydrogen-bond acceptors (Lipinski definition) is 4. The van der Waals surface area contributed by atoms with Gasteiger partial charge in [0.25, 0.3) is 0 Å². The molecule has 4 nitrogen and oxygen atoms in total. The Morgan fingerprint density at radius 2 is 1.44 bits per heavy atom. The van der Waals surface area contributed by atoms with Gasteiger partial charge in [-0.1, -0.05) is 20.8 Å². The van der Waals surface area contributed by atoms with Gasteiger partial charge in [0.05, 0.1) is 19.1 Å². The van der Waals surface area contributed by atoms with Crippen LogP contribution in [0.2, 0.25) is 0 Å². The maximum atomic E-state index is 13.6. The van der Waals surface area contributed by atoms with Crippen molar-refractivity contribution in [3.8, 4) is 0 Å². The van der Waals surface area contributed by atoms with E-state index in [0.717, 1.165) is 55.6 Å². The highest BCUT2D eigenvalue weighted by Crippen LogP contribution is 2.40. The highest BCUT2D eigenvalue weighted by atomic mass is 19.2. The van der Waals surface area contributed by atoms with Crippen LogP contribution in [0.15, 0.2) is 24.5 Å². The Labute approximate surface area is 187 Å². The maximum absolute atomic E-state index is 13.6. The van der Waals surface area contributed by atoms with Crippen molar-refractivity contribution in [2.24, 2.45) is 11.3 Å². The van der Waals surface area contributed by atoms with E-state index in [9.17, 15) is 13.2 Å². The standard InChI is InChI=1S/C25H31F3N2O2/c1-25(2,3)10-15-11-29-23(30-12-15)19-13-31-24(32-14-19)17-6-4-16(5-7-17)18-8-20(26)22(28)21(27)9-18/h8-9,11-12,16-17,19,24H,4-7,10,13-14H2,1-3H3. The van der Waals surface area contributed by atoms with Crippen LogP contribution < -0.4 is 0 Å². The zero-order chi connectivity index (χ0) is 22.9. The lowest BCUT2D eigenvalue weighted by atomic mass is 9.78. The van der Waals surface area contributed by atoms with Crippen molar-refractivity contribution in [1.82, 2.24) is 9.97 Å². The summed E-state index contributed by atoms with van der Waals surface area (Å²) in [6.07, 6.45) is 7.61. The molecule has 0 radical (unpaired) electrons. The monoisotopic (exact) mass is 448 g/mol. The summed E-state index contributed by atoms with van der Waals surface area (Å²) < 4.78 is 52.4. The molecule has 1 aromatic heterocycles. The summed E-state index contributed by atoms with van der Waals surface area (Å²) in [6, 6.07) is 2.24. The third-order valence-corrected chi connectivity index (χ3v) is 6.38. The molecule has 0 unspecified atom stereocenters. The van der Waals surface area contributed by atoms with Gasteiger partial charge in [-0.25, -0.2) is 23.1 Å². The first-order chi connectivity index (χ1) is 15.2. The second-order valence-corrected chi connectivity index (χ2v) is 10.3. The SMILES string of the molecule is CC(C)(C)Cc1cnc(C2COC(C3CCC(c4cc(F)c(F)c(F)c4)CC3)OC2)nc1. The van der Waals surface area contributed by atoms with Crippen molar-refractivity contribution >= 4 is 0 Å². The fourth-order valence-electron chi connectivity index (χ4n) is 4.75. The summed E-state index contributed by atoms with van der Waals surface area (Å²) in [7, 11) is 0. The molecule has 0 atom stereocenters. The summed E-state index contributed by atoms with van der Waals surface area (Å²) in [5.74, 6) is -2.65. The van der Waals surface area contributed by atoms with Gasteiger partial charge >= 0.3 is 0 Å². The van der Waals surface area contributed by atoms with Gasteiger partial charge < -0.3 is 9.47 Å². The molecule has 2 heterocycles. The maximum Gasteiger partial charge on any atom is 0.194 e. The first-order valence-corrected chi connectivity index (χ1v) is 11.4. The van der Waals surface area contributed by atoms with Crippen molar-refractivity contribution in [3.05, 3.63) is 58.9 Å². The van der Waals surface area contributed by atoms with E-state index >= 15 is 0 Å². The lowest BCUT2D eigenvalue weighted by Gasteiger charge is -2.37. The van der Waals surface area contributed by atoms with Crippen LogP contribution in [0.1, 0.15) is 75.2 Å². The van der Waals surface area contributed by atoms with E-state index in [-0.39, 0.29) is 29.5 Å². The fraction of sp³-hybridized carbons (Fsp3) is 0.600. The Balaban J connectivity index is 1.27. The molecule has 7 heteroatoms. The minimum atomic E-state index is -1.41. The van der Waals surface area contributed by atoms with Crippen molar-refractivity contribution in [1.29, 1.82) is 0 Å². The van der Waals surface area contributed by atoms with E-state index in [0.29, 0.717) is 18.8 Å². The molecular weight excluding hydrogens is 417 g/mol. The molecule has 1 aliphatic heterocycles. The average molecular weight is 449 g/mol. The van der Waals surface area contributed by atoms with E-state index in [4.69, 9.17) is 9.47 Å². The van der Waals surface area contributed by atoms with Gasteiger partial charge in [-0.15, -0.1) is 0 Å². The van der Waals surface area contributed by atoms with Crippen molar-refractivity contribution in [2.45, 2.75) is 71.0 Å². The minimum Gasteiger partial charge on any atom is -0.352 e. The Bertz CT molecular complexity index is 891. The Hall–Kier alpha value is -1.99. The molecule has 0 spiro atoms. The largest absolute Gasteiger partial charge is 0.352 e. The van der Waals surface area contributed by atoms with Crippen LogP contribution in [0, 0.1) is 28.8 Å². The third-order valence-electron chi connectivity index (χ3n) is 6.38. The number of hydrogen-bond donors (Lipinski definition) is 0. The van der Waals surface area contributed by atoms with Gasteiger partial charge in [-0.05, 0) is 66.7 Å². The topological polar surface area (TPSA) is 44.2 Å². The molecule has 0 N–H and O–H groups in total. The number of nitrogens with zero attached hydrogens (tertiary/aromatic N) is 2. The van der Waals surface area contributed by atoms with Gasteiger partial charge in [0, 0.05) is 18.3 Å². The molecule has 2 fully saturated rings. The number of halogens is 3. The molecule has 1 aliphatic carbocycles. The molecule has 0 amide bonds. The number of aromatic nitrogens is 2. The van der Waals surface area contributed by atoms with Gasteiger partial charge in [-0.2, -0.15) is 0 Å². The van der Waals surface area contributed by atoms with Crippen LogP contribution in [-0.2, 0) is 15.9 Å². The Morgan fingerprint density at radius 3 is 1.97 bits per heavy atom. The quantitative estimate of drug-likeness (QED) is 0.545. The summed E-state index contributed by atoms with van der Waals surface area (Å²) >= 11 is 0. The second kappa shape index (κ2) is 9.48. The first kappa shape index (κ1) is 23.2. The smallest absolute Gasteiger partial charge is 0.194 e. The average Bonchev–Trinajstić information content (AvgIpc) is 2.77. The van der Waals surface area contributed by atoms with Crippen molar-refractivity contribution in [3.63, 3.8) is 0 Å². The van der Waals surface area contributed by atoms with Crippen LogP contribution in [0.25, 0.3) is 0 Å². The summed E-state index contributed by atoms with van der Waals surface area (Å²) in [5.41, 5.74) is 1.83. The molecule has 1 saturated heterocycles. The summed E-state index contributed by atoms with van der Waals surface area (Å²) in [5, 5.41) is 0. The molecule has 2 aliphatic rings. The molecule has 32 heavy (non-hydrogen) atoms. The predicted octanol–water partition coefficient (Wildman–Crippen LogP) is 5.91. The number of ether oxygens (including phenoxy) is 2. The van der Waals surface area contributed by atoms with Gasteiger partial charge in [0.2, 0.25) is 0 Å². The van der Waals surface area contributed by atoms with E-state index in [1.54, 1.807) is 0 Å². The van der Waals surface area contributed by atoms with E-state index in [1.807, 2.05) is 12.4 Å². The molecule has 174 valence electrons. The fourth-order valence-corrected chi connectivity index (χ4v) is 4.75. The highest BCUT2D eigenvalue weighted by Gasteiger charge is 2.34. The van der Waals surface area contributed by atoms with Gasteiger partial charge in [-0.3, -0.25) is 0 Å². The summed E-state index contributed by atoms with van der Waals surface area (Å²) in [6.45, 7) is 7.59. The third kappa shape index (κ3) is 5.49. The number of rotatable bonds is 4. The van der Waals surface area contributed by atoms with Crippen LogP contribution in [0.4, 0.5) is 13.2 Å². The van der Waals surface area contributed by atoms with Gasteiger partial charge in [0.1, 0.15) is 5.82 Å². The zero-order valence-corrected chi connectivity index (χ0v) is 18.9. The second-order valence-electron chi connectivity index (χ2n) is 10.3. The summed E-state index contributed by atoms with van der Waals surface area (Å²) in [4.78, 5) is 9.06. The minimum absolute atomic E-state index is 0.0106. The normalized spacial score (nSPS) is 26.8. The molecular formula is C25H31F3N2O2. The van der Waals surface area contributed by atoms with Crippen LogP contribution in [0.5, 0.6) is 0 Å². The van der Waals surface area contributed by atoms with Crippen LogP contribution in [0.3, 0.4) is 0 Å². The van der Waals surface area contributed by atoms with E-state index in [2.05, 4.69) is 30.7 Å².